The van der Waals surface area contributed by atoms with Crippen molar-refractivity contribution in [3.8, 4) is 0 Å². The van der Waals surface area contributed by atoms with E-state index in [1.165, 1.54) is 19.3 Å². The highest BCUT2D eigenvalue weighted by Crippen LogP contribution is 2.40. The van der Waals surface area contributed by atoms with Gasteiger partial charge >= 0.3 is 0 Å². The third-order valence-corrected chi connectivity index (χ3v) is 4.53. The number of hydrogen-bond donors (Lipinski definition) is 0. The van der Waals surface area contributed by atoms with Crippen LogP contribution < -0.4 is 0 Å². The van der Waals surface area contributed by atoms with Gasteiger partial charge in [0.25, 0.3) is 0 Å². The fourth-order valence-electron chi connectivity index (χ4n) is 2.65. The Morgan fingerprint density at radius 1 is 1.40 bits per heavy atom. The largest absolute Gasteiger partial charge is 0.235 e. The van der Waals surface area contributed by atoms with Crippen molar-refractivity contribution in [2.24, 2.45) is 4.99 Å². The highest BCUT2D eigenvalue weighted by molar-refractivity contribution is 8.03. The lowest BCUT2D eigenvalue weighted by molar-refractivity contribution is 0.278. The summed E-state index contributed by atoms with van der Waals surface area (Å²) in [5.74, 6) is 0. The molecule has 0 N–H and O–H groups in total. The summed E-state index contributed by atoms with van der Waals surface area (Å²) in [5, 5.41) is 2.81. The average Bonchev–Trinajstić information content (AvgIpc) is 2.72. The van der Waals surface area contributed by atoms with E-state index in [4.69, 9.17) is 0 Å². The van der Waals surface area contributed by atoms with Crippen molar-refractivity contribution < 1.29 is 4.79 Å². The molecule has 1 atom stereocenters. The van der Waals surface area contributed by atoms with Crippen LogP contribution in [0.3, 0.4) is 0 Å². The van der Waals surface area contributed by atoms with Crippen LogP contribution in [0, 0.1) is 0 Å². The zero-order valence-electron chi connectivity index (χ0n) is 8.95. The number of allylic oxidation sites excluding steroid dienone is 1. The molecule has 1 fully saturated rings. The summed E-state index contributed by atoms with van der Waals surface area (Å²) < 4.78 is 0. The van der Waals surface area contributed by atoms with Crippen LogP contribution in [0.5, 0.6) is 0 Å². The molecule has 1 heterocycles. The first-order valence-electron chi connectivity index (χ1n) is 5.74. The Hall–Kier alpha value is -0.530. The summed E-state index contributed by atoms with van der Waals surface area (Å²) in [5.41, 5.74) is -0.0658. The minimum atomic E-state index is -0.0658. The van der Waals surface area contributed by atoms with Gasteiger partial charge in [-0.1, -0.05) is 25.3 Å². The molecule has 0 amide bonds. The maximum atomic E-state index is 10.5. The molecule has 1 saturated carbocycles. The number of isocyanates is 1. The van der Waals surface area contributed by atoms with Gasteiger partial charge in [0.05, 0.1) is 5.54 Å². The van der Waals surface area contributed by atoms with Crippen LogP contribution in [-0.4, -0.2) is 16.9 Å². The van der Waals surface area contributed by atoms with E-state index in [1.807, 2.05) is 11.8 Å². The van der Waals surface area contributed by atoms with Crippen molar-refractivity contribution >= 4 is 17.8 Å². The van der Waals surface area contributed by atoms with E-state index < -0.39 is 0 Å². The second kappa shape index (κ2) is 5.00. The first-order valence-corrected chi connectivity index (χ1v) is 6.68. The normalized spacial score (nSPS) is 28.7. The van der Waals surface area contributed by atoms with Crippen molar-refractivity contribution in [1.82, 2.24) is 0 Å². The minimum absolute atomic E-state index is 0.0658. The van der Waals surface area contributed by atoms with Crippen LogP contribution in [-0.2, 0) is 4.79 Å². The van der Waals surface area contributed by atoms with Crippen molar-refractivity contribution in [3.63, 3.8) is 0 Å². The van der Waals surface area contributed by atoms with Crippen LogP contribution >= 0.6 is 11.8 Å². The highest BCUT2D eigenvalue weighted by atomic mass is 32.2. The molecule has 0 aromatic carbocycles. The first kappa shape index (κ1) is 11.0. The summed E-state index contributed by atoms with van der Waals surface area (Å²) in [7, 11) is 0. The van der Waals surface area contributed by atoms with E-state index in [9.17, 15) is 4.79 Å². The molecule has 0 bridgehead atoms. The van der Waals surface area contributed by atoms with Gasteiger partial charge in [-0.25, -0.2) is 4.79 Å². The molecule has 3 heteroatoms. The summed E-state index contributed by atoms with van der Waals surface area (Å²) in [4.78, 5) is 14.7. The fourth-order valence-corrected chi connectivity index (χ4v) is 3.73. The van der Waals surface area contributed by atoms with Crippen molar-refractivity contribution in [2.45, 2.75) is 55.7 Å². The highest BCUT2D eigenvalue weighted by Gasteiger charge is 2.34. The first-order chi connectivity index (χ1) is 7.35. The molecule has 2 nitrogen and oxygen atoms in total. The SMILES string of the molecule is O=C=NC1(CC2CC=CS2)CCCCC1. The molecule has 0 spiro atoms. The Morgan fingerprint density at radius 3 is 2.80 bits per heavy atom. The lowest BCUT2D eigenvalue weighted by Gasteiger charge is -2.33. The molecule has 1 aliphatic heterocycles. The van der Waals surface area contributed by atoms with Gasteiger partial charge in [0, 0.05) is 5.25 Å². The summed E-state index contributed by atoms with van der Waals surface area (Å²) in [6, 6.07) is 0. The zero-order valence-corrected chi connectivity index (χ0v) is 9.76. The van der Waals surface area contributed by atoms with E-state index in [0.717, 1.165) is 25.7 Å². The summed E-state index contributed by atoms with van der Waals surface area (Å²) >= 11 is 1.89. The number of aliphatic imine (C=N–C) groups is 1. The summed E-state index contributed by atoms with van der Waals surface area (Å²) in [6.45, 7) is 0. The van der Waals surface area contributed by atoms with Crippen molar-refractivity contribution in [3.05, 3.63) is 11.5 Å². The van der Waals surface area contributed by atoms with E-state index in [-0.39, 0.29) is 5.54 Å². The van der Waals surface area contributed by atoms with E-state index in [0.29, 0.717) is 5.25 Å². The van der Waals surface area contributed by atoms with Gasteiger partial charge in [-0.05, 0) is 31.1 Å². The zero-order chi connectivity index (χ0) is 10.6. The quantitative estimate of drug-likeness (QED) is 0.542. The standard InChI is InChI=1S/C12H17NOS/c14-10-13-12(6-2-1-3-7-12)9-11-5-4-8-15-11/h4,8,11H,1-3,5-7,9H2. The predicted molar refractivity (Wildman–Crippen MR) is 63.7 cm³/mol. The van der Waals surface area contributed by atoms with Crippen LogP contribution in [0.2, 0.25) is 0 Å². The smallest absolute Gasteiger partial charge is 0.211 e. The monoisotopic (exact) mass is 223 g/mol. The van der Waals surface area contributed by atoms with Gasteiger partial charge < -0.3 is 0 Å². The van der Waals surface area contributed by atoms with Crippen molar-refractivity contribution in [1.29, 1.82) is 0 Å². The molecule has 1 aliphatic carbocycles. The number of carbonyl (C=O) groups excluding carboxylic acids is 1. The molecule has 0 saturated heterocycles. The topological polar surface area (TPSA) is 29.4 Å². The number of thioether (sulfide) groups is 1. The van der Waals surface area contributed by atoms with Gasteiger partial charge in [-0.2, -0.15) is 4.99 Å². The molecule has 0 radical (unpaired) electrons. The number of nitrogens with zero attached hydrogens (tertiary/aromatic N) is 1. The average molecular weight is 223 g/mol. The maximum Gasteiger partial charge on any atom is 0.235 e. The second-order valence-corrected chi connectivity index (χ2v) is 5.77. The molecular weight excluding hydrogens is 206 g/mol. The Morgan fingerprint density at radius 2 is 2.20 bits per heavy atom. The van der Waals surface area contributed by atoms with Gasteiger partial charge in [0.15, 0.2) is 0 Å². The van der Waals surface area contributed by atoms with E-state index in [1.54, 1.807) is 6.08 Å². The molecular formula is C12H17NOS. The Bertz CT molecular complexity index is 280. The van der Waals surface area contributed by atoms with Crippen LogP contribution in [0.25, 0.3) is 0 Å². The van der Waals surface area contributed by atoms with Crippen LogP contribution in [0.15, 0.2) is 16.5 Å². The predicted octanol–water partition coefficient (Wildman–Crippen LogP) is 3.43. The van der Waals surface area contributed by atoms with E-state index >= 15 is 0 Å². The Balaban J connectivity index is 2.00. The third-order valence-electron chi connectivity index (χ3n) is 3.44. The fraction of sp³-hybridized carbons (Fsp3) is 0.750. The van der Waals surface area contributed by atoms with Crippen LogP contribution in [0.1, 0.15) is 44.9 Å². The molecule has 0 aromatic heterocycles. The minimum Gasteiger partial charge on any atom is -0.211 e. The van der Waals surface area contributed by atoms with Gasteiger partial charge in [0.2, 0.25) is 6.08 Å². The maximum absolute atomic E-state index is 10.5. The van der Waals surface area contributed by atoms with Gasteiger partial charge in [-0.3, -0.25) is 0 Å². The van der Waals surface area contributed by atoms with Crippen LogP contribution in [0.4, 0.5) is 0 Å². The molecule has 2 aliphatic rings. The third kappa shape index (κ3) is 2.73. The Labute approximate surface area is 95.2 Å². The van der Waals surface area contributed by atoms with Gasteiger partial charge in [-0.15, -0.1) is 11.8 Å². The van der Waals surface area contributed by atoms with Gasteiger partial charge in [0.1, 0.15) is 0 Å². The molecule has 1 unspecified atom stereocenters. The number of rotatable bonds is 3. The molecule has 0 aromatic rings. The van der Waals surface area contributed by atoms with Crippen molar-refractivity contribution in [2.75, 3.05) is 0 Å². The molecule has 2 rings (SSSR count). The molecule has 82 valence electrons. The lowest BCUT2D eigenvalue weighted by Crippen LogP contribution is -2.32. The second-order valence-electron chi connectivity index (χ2n) is 4.56. The Kier molecular flexibility index (Phi) is 3.66. The van der Waals surface area contributed by atoms with E-state index in [2.05, 4.69) is 16.5 Å². The number of hydrogen-bond acceptors (Lipinski definition) is 3. The molecule has 15 heavy (non-hydrogen) atoms. The summed E-state index contributed by atoms with van der Waals surface area (Å²) in [6.07, 6.45) is 12.1. The lowest BCUT2D eigenvalue weighted by atomic mass is 9.78.